The number of nitrogens with zero attached hydrogens (tertiary/aromatic N) is 5. The van der Waals surface area contributed by atoms with Crippen molar-refractivity contribution in [2.75, 3.05) is 0 Å². The minimum Gasteiger partial charge on any atom is -0.408 e. The fourth-order valence-corrected chi connectivity index (χ4v) is 2.68. The highest BCUT2D eigenvalue weighted by atomic mass is 16.6. The molecule has 10 nitrogen and oxygen atoms in total. The van der Waals surface area contributed by atoms with Gasteiger partial charge in [-0.05, 0) is 18.2 Å². The van der Waals surface area contributed by atoms with Gasteiger partial charge in [0.2, 0.25) is 0 Å². The summed E-state index contributed by atoms with van der Waals surface area (Å²) in [7, 11) is 0. The van der Waals surface area contributed by atoms with Gasteiger partial charge in [0, 0.05) is 24.9 Å². The largest absolute Gasteiger partial charge is 0.420 e. The number of rotatable bonds is 4. The van der Waals surface area contributed by atoms with Gasteiger partial charge in [-0.2, -0.15) is 0 Å². The van der Waals surface area contributed by atoms with Crippen LogP contribution in [0, 0.1) is 10.1 Å². The lowest BCUT2D eigenvalue weighted by atomic mass is 10.3. The van der Waals surface area contributed by atoms with E-state index >= 15 is 0 Å². The Kier molecular flexibility index (Phi) is 3.24. The van der Waals surface area contributed by atoms with Crippen LogP contribution in [-0.4, -0.2) is 23.7 Å². The lowest BCUT2D eigenvalue weighted by Gasteiger charge is -2.01. The zero-order chi connectivity index (χ0) is 17.6. The molecule has 0 atom stereocenters. The normalized spacial score (nSPS) is 11.4. The van der Waals surface area contributed by atoms with Crippen molar-refractivity contribution in [1.29, 1.82) is 0 Å². The number of hydrogen-bond donors (Lipinski definition) is 0. The van der Waals surface area contributed by atoms with Crippen LogP contribution < -0.4 is 11.4 Å². The quantitative estimate of drug-likeness (QED) is 0.404. The van der Waals surface area contributed by atoms with Gasteiger partial charge in [-0.1, -0.05) is 6.07 Å². The number of nitro groups is 1. The second-order valence-corrected chi connectivity index (χ2v) is 5.36. The highest BCUT2D eigenvalue weighted by Crippen LogP contribution is 2.20. The minimum absolute atomic E-state index is 0.0940. The van der Waals surface area contributed by atoms with Gasteiger partial charge < -0.3 is 4.42 Å². The first kappa shape index (κ1) is 14.9. The number of aromatic nitrogens is 4. The molecular weight excluding hydrogens is 330 g/mol. The second kappa shape index (κ2) is 5.44. The number of oxazole rings is 1. The molecule has 3 heterocycles. The minimum atomic E-state index is -0.646. The predicted octanol–water partition coefficient (Wildman–Crippen LogP) is 1.01. The molecule has 10 heteroatoms. The number of non-ortho nitro benzene ring substituents is 1. The van der Waals surface area contributed by atoms with Crippen molar-refractivity contribution in [2.24, 2.45) is 0 Å². The number of hydrogen-bond acceptors (Lipinski definition) is 6. The van der Waals surface area contributed by atoms with Crippen LogP contribution in [0.4, 0.5) is 5.69 Å². The van der Waals surface area contributed by atoms with Crippen molar-refractivity contribution in [3.8, 4) is 0 Å². The molecule has 0 saturated heterocycles. The maximum atomic E-state index is 12.2. The van der Waals surface area contributed by atoms with E-state index in [1.165, 1.54) is 31.8 Å². The topological polar surface area (TPSA) is 118 Å². The van der Waals surface area contributed by atoms with Gasteiger partial charge >= 0.3 is 11.4 Å². The van der Waals surface area contributed by atoms with Crippen molar-refractivity contribution in [1.82, 2.24) is 18.7 Å². The SMILES string of the molecule is O=c1oc2ccc([N+](=O)[O-])cc2n1CCn1nc2ccccn2c1=O. The molecule has 0 amide bonds. The average molecular weight is 341 g/mol. The van der Waals surface area contributed by atoms with Crippen LogP contribution in [-0.2, 0) is 13.1 Å². The Labute approximate surface area is 138 Å². The lowest BCUT2D eigenvalue weighted by Crippen LogP contribution is -2.25. The van der Waals surface area contributed by atoms with Crippen LogP contribution >= 0.6 is 0 Å². The smallest absolute Gasteiger partial charge is 0.408 e. The molecule has 3 aromatic heterocycles. The van der Waals surface area contributed by atoms with Crippen molar-refractivity contribution in [2.45, 2.75) is 13.1 Å². The van der Waals surface area contributed by atoms with Gasteiger partial charge in [0.05, 0.1) is 17.0 Å². The molecule has 0 spiro atoms. The summed E-state index contributed by atoms with van der Waals surface area (Å²) in [5, 5.41) is 15.1. The van der Waals surface area contributed by atoms with Gasteiger partial charge in [0.1, 0.15) is 0 Å². The Hall–Kier alpha value is -3.69. The Balaban J connectivity index is 1.72. The average Bonchev–Trinajstić information content (AvgIpc) is 3.09. The van der Waals surface area contributed by atoms with E-state index in [1.807, 2.05) is 0 Å². The molecule has 0 aliphatic rings. The van der Waals surface area contributed by atoms with E-state index in [4.69, 9.17) is 4.42 Å². The van der Waals surface area contributed by atoms with Gasteiger partial charge in [-0.15, -0.1) is 5.10 Å². The Morgan fingerprint density at radius 2 is 2.00 bits per heavy atom. The Bertz CT molecular complexity index is 1230. The molecule has 0 fully saturated rings. The first-order chi connectivity index (χ1) is 12.0. The van der Waals surface area contributed by atoms with Gasteiger partial charge in [-0.25, -0.2) is 14.3 Å². The highest BCUT2D eigenvalue weighted by molar-refractivity contribution is 5.75. The molecular formula is C15H11N5O5. The summed E-state index contributed by atoms with van der Waals surface area (Å²) in [6.45, 7) is 0.217. The molecule has 0 N–H and O–H groups in total. The van der Waals surface area contributed by atoms with Gasteiger partial charge in [-0.3, -0.25) is 19.1 Å². The van der Waals surface area contributed by atoms with Crippen LogP contribution in [0.3, 0.4) is 0 Å². The zero-order valence-electron chi connectivity index (χ0n) is 12.7. The first-order valence-electron chi connectivity index (χ1n) is 7.36. The number of pyridine rings is 1. The number of fused-ring (bicyclic) bond motifs is 2. The van der Waals surface area contributed by atoms with E-state index in [-0.39, 0.29) is 30.0 Å². The molecule has 25 heavy (non-hydrogen) atoms. The van der Waals surface area contributed by atoms with Crippen molar-refractivity contribution >= 4 is 22.4 Å². The molecule has 0 radical (unpaired) electrons. The summed E-state index contributed by atoms with van der Waals surface area (Å²) >= 11 is 0. The van der Waals surface area contributed by atoms with Crippen LogP contribution in [0.25, 0.3) is 16.7 Å². The highest BCUT2D eigenvalue weighted by Gasteiger charge is 2.15. The van der Waals surface area contributed by atoms with Crippen molar-refractivity contribution in [3.05, 3.63) is 73.7 Å². The molecule has 4 rings (SSSR count). The zero-order valence-corrected chi connectivity index (χ0v) is 12.7. The van der Waals surface area contributed by atoms with E-state index < -0.39 is 10.7 Å². The van der Waals surface area contributed by atoms with E-state index in [9.17, 15) is 19.7 Å². The van der Waals surface area contributed by atoms with Crippen LogP contribution in [0.1, 0.15) is 0 Å². The Morgan fingerprint density at radius 1 is 1.16 bits per heavy atom. The fraction of sp³-hybridized carbons (Fsp3) is 0.133. The molecule has 4 aromatic rings. The van der Waals surface area contributed by atoms with E-state index in [1.54, 1.807) is 24.4 Å². The third kappa shape index (κ3) is 2.40. The summed E-state index contributed by atoms with van der Waals surface area (Å²) in [6.07, 6.45) is 1.60. The summed E-state index contributed by atoms with van der Waals surface area (Å²) in [6, 6.07) is 9.09. The van der Waals surface area contributed by atoms with Crippen LogP contribution in [0.2, 0.25) is 0 Å². The fourth-order valence-electron chi connectivity index (χ4n) is 2.68. The maximum absolute atomic E-state index is 12.2. The summed E-state index contributed by atoms with van der Waals surface area (Å²) < 4.78 is 8.96. The van der Waals surface area contributed by atoms with Crippen molar-refractivity contribution in [3.63, 3.8) is 0 Å². The predicted molar refractivity (Wildman–Crippen MR) is 86.6 cm³/mol. The van der Waals surface area contributed by atoms with E-state index in [2.05, 4.69) is 5.10 Å². The third-order valence-corrected chi connectivity index (χ3v) is 3.89. The van der Waals surface area contributed by atoms with Crippen LogP contribution in [0.15, 0.2) is 56.6 Å². The second-order valence-electron chi connectivity index (χ2n) is 5.36. The molecule has 0 saturated carbocycles. The summed E-state index contributed by atoms with van der Waals surface area (Å²) in [5.74, 6) is -0.646. The van der Waals surface area contributed by atoms with E-state index in [0.717, 1.165) is 0 Å². The molecule has 1 aromatic carbocycles. The summed E-state index contributed by atoms with van der Waals surface area (Å²) in [4.78, 5) is 34.6. The molecule has 0 aliphatic carbocycles. The lowest BCUT2D eigenvalue weighted by molar-refractivity contribution is -0.384. The number of benzene rings is 1. The van der Waals surface area contributed by atoms with Crippen LogP contribution in [0.5, 0.6) is 0 Å². The molecule has 0 unspecified atom stereocenters. The number of nitro benzene ring substituents is 1. The molecule has 0 bridgehead atoms. The monoisotopic (exact) mass is 341 g/mol. The first-order valence-corrected chi connectivity index (χ1v) is 7.36. The van der Waals surface area contributed by atoms with Gasteiger partial charge in [0.15, 0.2) is 11.2 Å². The van der Waals surface area contributed by atoms with Gasteiger partial charge in [0.25, 0.3) is 5.69 Å². The third-order valence-electron chi connectivity index (χ3n) is 3.89. The number of aryl methyl sites for hydroxylation is 2. The molecule has 126 valence electrons. The maximum Gasteiger partial charge on any atom is 0.420 e. The Morgan fingerprint density at radius 3 is 2.76 bits per heavy atom. The summed E-state index contributed by atoms with van der Waals surface area (Å²) in [5.41, 5.74) is 0.566. The standard InChI is InChI=1S/C15H11N5O5/c21-14-18-6-2-1-3-13(18)16-19(14)8-7-17-11-9-10(20(23)24)4-5-12(11)25-15(17)22/h1-6,9H,7-8H2. The molecule has 0 aliphatic heterocycles. The van der Waals surface area contributed by atoms with Crippen molar-refractivity contribution < 1.29 is 9.34 Å². The van der Waals surface area contributed by atoms with E-state index in [0.29, 0.717) is 11.2 Å².